The number of hydrogen-bond acceptors (Lipinski definition) is 6. The second-order valence-electron chi connectivity index (χ2n) is 9.26. The topological polar surface area (TPSA) is 143 Å². The second kappa shape index (κ2) is 12.1. The van der Waals surface area contributed by atoms with Crippen molar-refractivity contribution < 1.29 is 18.9 Å². The largest absolute Gasteiger partial charge is 0.433 e. The molecule has 0 bridgehead atoms. The number of para-hydroxylation sites is 2. The monoisotopic (exact) mass is 537 g/mol. The van der Waals surface area contributed by atoms with Gasteiger partial charge >= 0.3 is 5.88 Å². The molecule has 0 unspecified atom stereocenters. The average molecular weight is 538 g/mol. The van der Waals surface area contributed by atoms with Gasteiger partial charge in [-0.15, -0.1) is 0 Å². The molecule has 0 saturated carbocycles. The minimum atomic E-state index is -0.694. The molecule has 10 heteroatoms. The Morgan fingerprint density at radius 3 is 2.33 bits per heavy atom. The fraction of sp³-hybridized carbons (Fsp3) is 0.167. The van der Waals surface area contributed by atoms with Crippen LogP contribution in [0.3, 0.4) is 0 Å². The summed E-state index contributed by atoms with van der Waals surface area (Å²) in [6.45, 7) is 0.342. The Labute approximate surface area is 229 Å². The van der Waals surface area contributed by atoms with Crippen LogP contribution in [-0.4, -0.2) is 33.3 Å². The predicted octanol–water partition coefficient (Wildman–Crippen LogP) is 5.80. The van der Waals surface area contributed by atoms with Gasteiger partial charge in [-0.1, -0.05) is 54.6 Å². The number of aromatic amines is 1. The van der Waals surface area contributed by atoms with Crippen molar-refractivity contribution in [2.24, 2.45) is 0 Å². The van der Waals surface area contributed by atoms with Crippen molar-refractivity contribution in [2.45, 2.75) is 25.3 Å². The van der Waals surface area contributed by atoms with E-state index < -0.39 is 16.7 Å². The summed E-state index contributed by atoms with van der Waals surface area (Å²) >= 11 is 0. The third-order valence-electron chi connectivity index (χ3n) is 6.50. The van der Waals surface area contributed by atoms with Crippen molar-refractivity contribution >= 4 is 28.7 Å². The maximum absolute atomic E-state index is 13.2. The number of carbonyl (C=O) groups is 2. The summed E-state index contributed by atoms with van der Waals surface area (Å²) in [6.07, 6.45) is 1.87. The van der Waals surface area contributed by atoms with Gasteiger partial charge in [0.1, 0.15) is 10.7 Å². The van der Waals surface area contributed by atoms with Crippen LogP contribution in [0.15, 0.2) is 95.4 Å². The molecule has 0 radical (unpaired) electrons. The van der Waals surface area contributed by atoms with Crippen LogP contribution in [-0.2, 0) is 0 Å². The average Bonchev–Trinajstić information content (AvgIpc) is 3.65. The number of rotatable bonds is 11. The van der Waals surface area contributed by atoms with Crippen molar-refractivity contribution in [2.75, 3.05) is 6.54 Å². The molecule has 0 aliphatic rings. The molecule has 202 valence electrons. The molecule has 0 spiro atoms. The molecule has 0 aliphatic heterocycles. The normalized spacial score (nSPS) is 11.7. The van der Waals surface area contributed by atoms with Gasteiger partial charge in [0.25, 0.3) is 11.8 Å². The highest BCUT2D eigenvalue weighted by Crippen LogP contribution is 2.23. The summed E-state index contributed by atoms with van der Waals surface area (Å²) in [5.74, 6) is -0.670. The zero-order valence-electron chi connectivity index (χ0n) is 21.5. The number of nitrogens with zero attached hydrogens (tertiary/aromatic N) is 2. The third kappa shape index (κ3) is 6.24. The molecule has 0 saturated heterocycles. The van der Waals surface area contributed by atoms with E-state index in [1.54, 1.807) is 0 Å². The molecule has 2 amide bonds. The lowest BCUT2D eigenvalue weighted by molar-refractivity contribution is -0.402. The van der Waals surface area contributed by atoms with Crippen molar-refractivity contribution in [3.8, 4) is 11.1 Å². The molecule has 10 nitrogen and oxygen atoms in total. The quantitative estimate of drug-likeness (QED) is 0.110. The summed E-state index contributed by atoms with van der Waals surface area (Å²) in [4.78, 5) is 43.5. The van der Waals surface area contributed by atoms with Crippen LogP contribution in [0.25, 0.3) is 22.2 Å². The van der Waals surface area contributed by atoms with Crippen molar-refractivity contribution in [3.63, 3.8) is 0 Å². The van der Waals surface area contributed by atoms with Gasteiger partial charge in [-0.2, -0.15) is 0 Å². The minimum Gasteiger partial charge on any atom is -0.395 e. The van der Waals surface area contributed by atoms with Gasteiger partial charge in [-0.25, -0.2) is 4.98 Å². The maximum atomic E-state index is 13.2. The molecular weight excluding hydrogens is 510 g/mol. The lowest BCUT2D eigenvalue weighted by Gasteiger charge is -2.17. The standard InChI is InChI=1S/C30H27N5O5/c36-29(22-15-13-21(14-16-22)20-8-2-1-3-9-20)34-25(28-32-23-10-4-5-11-24(23)33-28)12-6-7-19-31-30(37)26-17-18-27(40-26)35(38)39/h1-5,8-11,13-18,25H,6-7,12,19H2,(H,31,37)(H,32,33)(H,34,36)/t25-/m0/s1. The molecule has 5 rings (SSSR count). The first-order valence-electron chi connectivity index (χ1n) is 12.9. The number of benzene rings is 3. The highest BCUT2D eigenvalue weighted by molar-refractivity contribution is 5.95. The number of imidazole rings is 1. The van der Waals surface area contributed by atoms with Crippen LogP contribution in [0.1, 0.15) is 52.0 Å². The van der Waals surface area contributed by atoms with Crippen LogP contribution in [0.5, 0.6) is 0 Å². The van der Waals surface area contributed by atoms with E-state index in [-0.39, 0.29) is 17.7 Å². The van der Waals surface area contributed by atoms with E-state index in [1.165, 1.54) is 6.07 Å². The van der Waals surface area contributed by atoms with Gasteiger partial charge < -0.3 is 20.0 Å². The Bertz CT molecular complexity index is 1590. The molecule has 2 heterocycles. The SMILES string of the molecule is O=C(N[C@@H](CCCCNC(=O)c1ccc([N+](=O)[O-])o1)c1nc2ccccc2[nH]1)c1ccc(-c2ccccc2)cc1. The smallest absolute Gasteiger partial charge is 0.395 e. The van der Waals surface area contributed by atoms with Crippen LogP contribution < -0.4 is 10.6 Å². The van der Waals surface area contributed by atoms with Crippen molar-refractivity contribution in [3.05, 3.63) is 118 Å². The Morgan fingerprint density at radius 1 is 0.875 bits per heavy atom. The molecule has 0 aliphatic carbocycles. The van der Waals surface area contributed by atoms with E-state index in [0.29, 0.717) is 37.2 Å². The van der Waals surface area contributed by atoms with E-state index in [2.05, 4.69) is 20.6 Å². The molecule has 2 aromatic heterocycles. The Hall–Kier alpha value is -5.25. The lowest BCUT2D eigenvalue weighted by atomic mass is 10.0. The van der Waals surface area contributed by atoms with E-state index in [9.17, 15) is 19.7 Å². The van der Waals surface area contributed by atoms with Gasteiger partial charge in [-0.05, 0) is 60.7 Å². The number of nitro groups is 1. The molecule has 40 heavy (non-hydrogen) atoms. The Balaban J connectivity index is 1.22. The first-order chi connectivity index (χ1) is 19.5. The second-order valence-corrected chi connectivity index (χ2v) is 9.26. The first kappa shape index (κ1) is 26.4. The van der Waals surface area contributed by atoms with Crippen LogP contribution >= 0.6 is 0 Å². The first-order valence-corrected chi connectivity index (χ1v) is 12.9. The van der Waals surface area contributed by atoms with Gasteiger partial charge in [0.2, 0.25) is 0 Å². The van der Waals surface area contributed by atoms with Crippen LogP contribution in [0.4, 0.5) is 5.88 Å². The summed E-state index contributed by atoms with van der Waals surface area (Å²) in [5, 5.41) is 16.6. The van der Waals surface area contributed by atoms with E-state index in [0.717, 1.165) is 28.2 Å². The Kier molecular flexibility index (Phi) is 7.96. The molecular formula is C30H27N5O5. The van der Waals surface area contributed by atoms with E-state index >= 15 is 0 Å². The summed E-state index contributed by atoms with van der Waals surface area (Å²) < 4.78 is 4.94. The molecule has 0 fully saturated rings. The third-order valence-corrected chi connectivity index (χ3v) is 6.50. The maximum Gasteiger partial charge on any atom is 0.433 e. The molecule has 3 N–H and O–H groups in total. The molecule has 5 aromatic rings. The van der Waals surface area contributed by atoms with Gasteiger partial charge in [0.05, 0.1) is 23.1 Å². The fourth-order valence-corrected chi connectivity index (χ4v) is 4.41. The lowest BCUT2D eigenvalue weighted by Crippen LogP contribution is -2.29. The van der Waals surface area contributed by atoms with Gasteiger partial charge in [0.15, 0.2) is 5.76 Å². The zero-order valence-corrected chi connectivity index (χ0v) is 21.5. The highest BCUT2D eigenvalue weighted by atomic mass is 16.6. The fourth-order valence-electron chi connectivity index (χ4n) is 4.41. The Morgan fingerprint density at radius 2 is 1.60 bits per heavy atom. The minimum absolute atomic E-state index is 0.114. The highest BCUT2D eigenvalue weighted by Gasteiger charge is 2.20. The zero-order chi connectivity index (χ0) is 27.9. The number of amides is 2. The van der Waals surface area contributed by atoms with Gasteiger partial charge in [0, 0.05) is 12.1 Å². The van der Waals surface area contributed by atoms with Crippen molar-refractivity contribution in [1.29, 1.82) is 0 Å². The van der Waals surface area contributed by atoms with Crippen LogP contribution in [0.2, 0.25) is 0 Å². The number of unbranched alkanes of at least 4 members (excludes halogenated alkanes) is 1. The number of carbonyl (C=O) groups excluding carboxylic acids is 2. The number of furan rings is 1. The summed E-state index contributed by atoms with van der Waals surface area (Å²) in [6, 6.07) is 27.1. The van der Waals surface area contributed by atoms with Crippen molar-refractivity contribution in [1.82, 2.24) is 20.6 Å². The molecule has 1 atom stereocenters. The number of fused-ring (bicyclic) bond motifs is 1. The van der Waals surface area contributed by atoms with E-state index in [4.69, 9.17) is 4.42 Å². The number of nitrogens with one attached hydrogen (secondary N) is 3. The number of hydrogen-bond donors (Lipinski definition) is 3. The van der Waals surface area contributed by atoms with Crippen LogP contribution in [0, 0.1) is 10.1 Å². The predicted molar refractivity (Wildman–Crippen MR) is 150 cm³/mol. The number of H-pyrrole nitrogens is 1. The number of aromatic nitrogens is 2. The summed E-state index contributed by atoms with van der Waals surface area (Å²) in [5.41, 5.74) is 4.33. The van der Waals surface area contributed by atoms with Gasteiger partial charge in [-0.3, -0.25) is 19.7 Å². The summed E-state index contributed by atoms with van der Waals surface area (Å²) in [7, 11) is 0. The molecule has 3 aromatic carbocycles. The van der Waals surface area contributed by atoms with E-state index in [1.807, 2.05) is 78.9 Å².